The van der Waals surface area contributed by atoms with Crippen molar-refractivity contribution < 1.29 is 43.0 Å². The van der Waals surface area contributed by atoms with Crippen LogP contribution in [0.5, 0.6) is 0 Å². The molecule has 38 heavy (non-hydrogen) atoms. The molecule has 0 aromatic carbocycles. The molecular weight excluding hydrogens is 518 g/mol. The lowest BCUT2D eigenvalue weighted by molar-refractivity contribution is -0.315. The molecule has 0 saturated carbocycles. The number of thioether (sulfide) groups is 1. The summed E-state index contributed by atoms with van der Waals surface area (Å²) in [6.07, 6.45) is 0.0161. The molecule has 0 spiro atoms. The van der Waals surface area contributed by atoms with Crippen LogP contribution in [0.3, 0.4) is 0 Å². The highest BCUT2D eigenvalue weighted by Gasteiger charge is 2.47. The lowest BCUT2D eigenvalue weighted by atomic mass is 9.85. The number of methoxy groups -OCH3 is 1. The van der Waals surface area contributed by atoms with Crippen LogP contribution in [0.15, 0.2) is 0 Å². The van der Waals surface area contributed by atoms with Gasteiger partial charge in [-0.15, -0.1) is 0 Å². The molecule has 1 fully saturated rings. The first-order chi connectivity index (χ1) is 17.8. The molecule has 0 aromatic heterocycles. The molecular formula is C25H41N3O9S. The third-order valence-corrected chi connectivity index (χ3v) is 6.64. The molecule has 216 valence electrons. The van der Waals surface area contributed by atoms with Gasteiger partial charge in [0, 0.05) is 57.0 Å². The maximum Gasteiger partial charge on any atom is 0.305 e. The van der Waals surface area contributed by atoms with Crippen molar-refractivity contribution >= 4 is 46.4 Å². The minimum absolute atomic E-state index is 0.0463. The van der Waals surface area contributed by atoms with Crippen LogP contribution in [0, 0.1) is 5.41 Å². The number of ketones is 1. The van der Waals surface area contributed by atoms with Crippen LogP contribution in [0.2, 0.25) is 0 Å². The van der Waals surface area contributed by atoms with Gasteiger partial charge in [0.2, 0.25) is 17.7 Å². The highest BCUT2D eigenvalue weighted by Crippen LogP contribution is 2.37. The Balaban J connectivity index is 2.31. The van der Waals surface area contributed by atoms with Gasteiger partial charge in [-0.1, -0.05) is 25.6 Å². The minimum Gasteiger partial charge on any atom is -0.469 e. The number of rotatable bonds is 16. The lowest BCUT2D eigenvalue weighted by Gasteiger charge is -2.46. The Morgan fingerprint density at radius 2 is 1.66 bits per heavy atom. The molecule has 1 heterocycles. The Morgan fingerprint density at radius 3 is 2.32 bits per heavy atom. The number of nitrogens with one attached hydrogen (secondary N) is 3. The number of hydrogen-bond acceptors (Lipinski definition) is 10. The zero-order valence-electron chi connectivity index (χ0n) is 22.9. The van der Waals surface area contributed by atoms with Crippen molar-refractivity contribution in [2.75, 3.05) is 39.1 Å². The standard InChI is InChI=1S/C25H41N3O9S/c1-17(29)26-11-6-10-25(4)36-16-24(2,3)22(37-25)23(34)28-12-9-19(31)27-13-14-38-21(33)15-18(30)7-8-20(32)35-5/h22H,6-16H2,1-5H3,(H,26,29)(H,27,31)(H,28,34)/t22-,25?/m0/s1. The second-order valence-corrected chi connectivity index (χ2v) is 11.1. The summed E-state index contributed by atoms with van der Waals surface area (Å²) in [6, 6.07) is 0. The van der Waals surface area contributed by atoms with E-state index < -0.39 is 23.3 Å². The van der Waals surface area contributed by atoms with Crippen LogP contribution in [0.4, 0.5) is 0 Å². The van der Waals surface area contributed by atoms with E-state index in [1.165, 1.54) is 14.0 Å². The molecule has 2 atom stereocenters. The zero-order chi connectivity index (χ0) is 28.8. The van der Waals surface area contributed by atoms with Gasteiger partial charge in [0.25, 0.3) is 0 Å². The molecule has 1 rings (SSSR count). The molecule has 3 N–H and O–H groups in total. The molecule has 0 radical (unpaired) electrons. The van der Waals surface area contributed by atoms with Crippen molar-refractivity contribution in [2.24, 2.45) is 5.41 Å². The second kappa shape index (κ2) is 16.5. The van der Waals surface area contributed by atoms with Crippen LogP contribution in [-0.2, 0) is 43.0 Å². The van der Waals surface area contributed by atoms with Crippen molar-refractivity contribution in [2.45, 2.75) is 78.1 Å². The van der Waals surface area contributed by atoms with E-state index >= 15 is 0 Å². The van der Waals surface area contributed by atoms with Gasteiger partial charge in [0.05, 0.1) is 26.6 Å². The maximum atomic E-state index is 12.9. The Bertz CT molecular complexity index is 865. The molecule has 1 saturated heterocycles. The number of amides is 3. The lowest BCUT2D eigenvalue weighted by Crippen LogP contribution is -2.57. The van der Waals surface area contributed by atoms with E-state index in [9.17, 15) is 28.8 Å². The van der Waals surface area contributed by atoms with Gasteiger partial charge in [-0.3, -0.25) is 28.8 Å². The SMILES string of the molecule is COC(=O)CCC(=O)CC(=O)SCCNC(=O)CCNC(=O)[C@@H]1OC(C)(CCCNC(C)=O)OCC1(C)C. The molecule has 0 bridgehead atoms. The van der Waals surface area contributed by atoms with Gasteiger partial charge >= 0.3 is 5.97 Å². The zero-order valence-corrected chi connectivity index (χ0v) is 23.8. The number of carbonyl (C=O) groups excluding carboxylic acids is 6. The van der Waals surface area contributed by atoms with Crippen LogP contribution in [0.25, 0.3) is 0 Å². The van der Waals surface area contributed by atoms with Gasteiger partial charge in [-0.05, 0) is 13.3 Å². The van der Waals surface area contributed by atoms with E-state index in [1.807, 2.05) is 13.8 Å². The Hall–Kier alpha value is -2.51. The first kappa shape index (κ1) is 33.5. The molecule has 0 aliphatic carbocycles. The fourth-order valence-electron chi connectivity index (χ4n) is 3.55. The number of carbonyl (C=O) groups is 6. The Kier molecular flexibility index (Phi) is 14.5. The third kappa shape index (κ3) is 13.3. The smallest absolute Gasteiger partial charge is 0.305 e. The molecule has 1 aliphatic heterocycles. The summed E-state index contributed by atoms with van der Waals surface area (Å²) in [5.41, 5.74) is -0.575. The van der Waals surface area contributed by atoms with Crippen LogP contribution < -0.4 is 16.0 Å². The summed E-state index contributed by atoms with van der Waals surface area (Å²) in [4.78, 5) is 70.5. The predicted molar refractivity (Wildman–Crippen MR) is 140 cm³/mol. The first-order valence-corrected chi connectivity index (χ1v) is 13.6. The summed E-state index contributed by atoms with van der Waals surface area (Å²) in [6.45, 7) is 8.09. The van der Waals surface area contributed by atoms with Gasteiger partial charge in [-0.2, -0.15) is 0 Å². The van der Waals surface area contributed by atoms with Crippen molar-refractivity contribution in [3.05, 3.63) is 0 Å². The van der Waals surface area contributed by atoms with E-state index in [0.29, 0.717) is 31.7 Å². The van der Waals surface area contributed by atoms with Gasteiger partial charge in [0.1, 0.15) is 11.9 Å². The fourth-order valence-corrected chi connectivity index (χ4v) is 4.25. The summed E-state index contributed by atoms with van der Waals surface area (Å²) in [7, 11) is 1.23. The molecule has 12 nitrogen and oxygen atoms in total. The molecule has 3 amide bonds. The highest BCUT2D eigenvalue weighted by atomic mass is 32.2. The van der Waals surface area contributed by atoms with Crippen LogP contribution >= 0.6 is 11.8 Å². The van der Waals surface area contributed by atoms with E-state index in [4.69, 9.17) is 9.47 Å². The average molecular weight is 560 g/mol. The summed E-state index contributed by atoms with van der Waals surface area (Å²) < 4.78 is 16.4. The quantitative estimate of drug-likeness (QED) is 0.140. The topological polar surface area (TPSA) is 166 Å². The first-order valence-electron chi connectivity index (χ1n) is 12.6. The fraction of sp³-hybridized carbons (Fsp3) is 0.760. The van der Waals surface area contributed by atoms with Crippen LogP contribution in [0.1, 0.15) is 66.2 Å². The van der Waals surface area contributed by atoms with Crippen LogP contribution in [-0.4, -0.2) is 85.6 Å². The predicted octanol–water partition coefficient (Wildman–Crippen LogP) is 0.855. The minimum atomic E-state index is -0.964. The maximum absolute atomic E-state index is 12.9. The van der Waals surface area contributed by atoms with Gasteiger partial charge in [0.15, 0.2) is 10.9 Å². The number of hydrogen-bond donors (Lipinski definition) is 3. The number of Topliss-reactive ketones (excluding diaryl/α,β-unsaturated/α-hetero) is 1. The third-order valence-electron chi connectivity index (χ3n) is 5.76. The largest absolute Gasteiger partial charge is 0.469 e. The monoisotopic (exact) mass is 559 g/mol. The molecule has 1 unspecified atom stereocenters. The van der Waals surface area contributed by atoms with Crippen molar-refractivity contribution in [1.82, 2.24) is 16.0 Å². The highest BCUT2D eigenvalue weighted by molar-refractivity contribution is 8.13. The van der Waals surface area contributed by atoms with Crippen molar-refractivity contribution in [3.63, 3.8) is 0 Å². The molecule has 13 heteroatoms. The summed E-state index contributed by atoms with van der Waals surface area (Å²) >= 11 is 0.933. The summed E-state index contributed by atoms with van der Waals surface area (Å²) in [5.74, 6) is -2.25. The summed E-state index contributed by atoms with van der Waals surface area (Å²) in [5, 5.41) is 7.80. The number of esters is 1. The number of ether oxygens (including phenoxy) is 3. The van der Waals surface area contributed by atoms with Gasteiger partial charge in [-0.25, -0.2) is 0 Å². The molecule has 0 aromatic rings. The van der Waals surface area contributed by atoms with E-state index in [0.717, 1.165) is 11.8 Å². The van der Waals surface area contributed by atoms with E-state index in [-0.39, 0.29) is 67.4 Å². The van der Waals surface area contributed by atoms with Crippen molar-refractivity contribution in [3.8, 4) is 0 Å². The van der Waals surface area contributed by atoms with Gasteiger partial charge < -0.3 is 30.2 Å². The Morgan fingerprint density at radius 1 is 0.947 bits per heavy atom. The van der Waals surface area contributed by atoms with E-state index in [1.54, 1.807) is 6.92 Å². The van der Waals surface area contributed by atoms with Crippen molar-refractivity contribution in [1.29, 1.82) is 0 Å². The Labute approximate surface area is 228 Å². The second-order valence-electron chi connectivity index (χ2n) is 9.90. The molecule has 1 aliphatic rings. The van der Waals surface area contributed by atoms with E-state index in [2.05, 4.69) is 20.7 Å². The average Bonchev–Trinajstić information content (AvgIpc) is 2.84. The normalized spacial score (nSPS) is 20.2.